The summed E-state index contributed by atoms with van der Waals surface area (Å²) in [5.74, 6) is 0. The van der Waals surface area contributed by atoms with E-state index in [9.17, 15) is 10.2 Å². The van der Waals surface area contributed by atoms with Crippen LogP contribution in [0.2, 0.25) is 0 Å². The Labute approximate surface area is 105 Å². The molecular weight excluding hydrogens is 236 g/mol. The molecule has 2 aliphatic rings. The largest absolute Gasteiger partial charge is 0.387 e. The molecule has 0 spiro atoms. The van der Waals surface area contributed by atoms with Gasteiger partial charge in [-0.2, -0.15) is 0 Å². The summed E-state index contributed by atoms with van der Waals surface area (Å²) in [5, 5.41) is 20.0. The van der Waals surface area contributed by atoms with Crippen molar-refractivity contribution in [3.05, 3.63) is 35.9 Å². The van der Waals surface area contributed by atoms with Crippen molar-refractivity contribution in [2.45, 2.75) is 37.3 Å². The lowest BCUT2D eigenvalue weighted by Gasteiger charge is -2.35. The van der Waals surface area contributed by atoms with Crippen LogP contribution in [-0.2, 0) is 20.8 Å². The van der Waals surface area contributed by atoms with Crippen LogP contribution in [-0.4, -0.2) is 47.5 Å². The van der Waals surface area contributed by atoms with Gasteiger partial charge in [0.1, 0.15) is 24.4 Å². The molecule has 2 saturated heterocycles. The van der Waals surface area contributed by atoms with E-state index >= 15 is 0 Å². The van der Waals surface area contributed by atoms with Gasteiger partial charge in [-0.25, -0.2) is 0 Å². The first kappa shape index (κ1) is 12.1. The highest BCUT2D eigenvalue weighted by Crippen LogP contribution is 2.30. The van der Waals surface area contributed by atoms with Crippen molar-refractivity contribution in [1.29, 1.82) is 0 Å². The molecule has 0 amide bonds. The molecule has 98 valence electrons. The second-order valence-electron chi connectivity index (χ2n) is 4.62. The summed E-state index contributed by atoms with van der Waals surface area (Å²) in [7, 11) is 0. The molecule has 0 radical (unpaired) electrons. The molecule has 2 N–H and O–H groups in total. The lowest BCUT2D eigenvalue weighted by molar-refractivity contribution is -0.242. The van der Waals surface area contributed by atoms with Gasteiger partial charge >= 0.3 is 0 Å². The van der Waals surface area contributed by atoms with Crippen LogP contribution in [0, 0.1) is 0 Å². The topological polar surface area (TPSA) is 68.2 Å². The second-order valence-corrected chi connectivity index (χ2v) is 4.62. The van der Waals surface area contributed by atoms with Crippen molar-refractivity contribution in [2.75, 3.05) is 6.61 Å². The summed E-state index contributed by atoms with van der Waals surface area (Å²) in [5.41, 5.74) is 0.997. The molecule has 1 aromatic carbocycles. The van der Waals surface area contributed by atoms with Crippen LogP contribution in [0.15, 0.2) is 30.3 Å². The van der Waals surface area contributed by atoms with Gasteiger partial charge in [-0.05, 0) is 5.56 Å². The van der Waals surface area contributed by atoms with Gasteiger partial charge in [0, 0.05) is 0 Å². The zero-order chi connectivity index (χ0) is 12.5. The van der Waals surface area contributed by atoms with Gasteiger partial charge in [-0.3, -0.25) is 0 Å². The molecule has 5 nitrogen and oxygen atoms in total. The van der Waals surface area contributed by atoms with E-state index in [4.69, 9.17) is 14.2 Å². The number of aliphatic hydroxyl groups excluding tert-OH is 2. The third-order valence-electron chi connectivity index (χ3n) is 3.35. The van der Waals surface area contributed by atoms with Crippen molar-refractivity contribution >= 4 is 0 Å². The highest BCUT2D eigenvalue weighted by molar-refractivity contribution is 5.13. The third-order valence-corrected chi connectivity index (χ3v) is 3.35. The molecule has 0 unspecified atom stereocenters. The molecule has 2 fully saturated rings. The molecule has 18 heavy (non-hydrogen) atoms. The maximum atomic E-state index is 10.0. The fourth-order valence-corrected chi connectivity index (χ4v) is 2.33. The van der Waals surface area contributed by atoms with Gasteiger partial charge in [0.25, 0.3) is 0 Å². The van der Waals surface area contributed by atoms with E-state index in [1.807, 2.05) is 30.3 Å². The molecule has 0 saturated carbocycles. The molecule has 2 bridgehead atoms. The van der Waals surface area contributed by atoms with Gasteiger partial charge in [-0.15, -0.1) is 0 Å². The summed E-state index contributed by atoms with van der Waals surface area (Å²) in [6.07, 6.45) is -3.57. The highest BCUT2D eigenvalue weighted by atomic mass is 16.7. The van der Waals surface area contributed by atoms with E-state index < -0.39 is 30.7 Å². The van der Waals surface area contributed by atoms with E-state index in [2.05, 4.69) is 0 Å². The van der Waals surface area contributed by atoms with E-state index in [1.54, 1.807) is 0 Å². The Kier molecular flexibility index (Phi) is 3.32. The zero-order valence-corrected chi connectivity index (χ0v) is 9.81. The predicted octanol–water partition coefficient (Wildman–Crippen LogP) is 0.0487. The van der Waals surface area contributed by atoms with Crippen LogP contribution in [0.4, 0.5) is 0 Å². The summed E-state index contributed by atoms with van der Waals surface area (Å²) in [6, 6.07) is 9.63. The second kappa shape index (κ2) is 4.95. The SMILES string of the molecule is O[C@H]1[C@@H]2OC[C@@H](O2)[C@@H](O)[C@@H]1OCc1ccccc1. The lowest BCUT2D eigenvalue weighted by Crippen LogP contribution is -2.54. The Bertz CT molecular complexity index is 380. The number of fused-ring (bicyclic) bond motifs is 2. The molecule has 1 aromatic rings. The average molecular weight is 252 g/mol. The van der Waals surface area contributed by atoms with Gasteiger partial charge in [-0.1, -0.05) is 30.3 Å². The summed E-state index contributed by atoms with van der Waals surface area (Å²) in [4.78, 5) is 0. The first-order valence-corrected chi connectivity index (χ1v) is 6.04. The summed E-state index contributed by atoms with van der Waals surface area (Å²) in [6.45, 7) is 0.646. The minimum Gasteiger partial charge on any atom is -0.387 e. The first-order valence-electron chi connectivity index (χ1n) is 6.04. The number of benzene rings is 1. The number of aliphatic hydroxyl groups is 2. The maximum Gasteiger partial charge on any atom is 0.186 e. The van der Waals surface area contributed by atoms with E-state index in [1.165, 1.54) is 0 Å². The standard InChI is InChI=1S/C13H16O5/c14-10-9-7-17-13(18-9)11(15)12(10)16-6-8-4-2-1-3-5-8/h1-5,9-15H,6-7H2/t9-,10-,11-,12+,13-/m1/s1. The smallest absolute Gasteiger partial charge is 0.186 e. The Balaban J connectivity index is 1.65. The quantitative estimate of drug-likeness (QED) is 0.795. The Morgan fingerprint density at radius 2 is 1.94 bits per heavy atom. The number of rotatable bonds is 3. The van der Waals surface area contributed by atoms with Gasteiger partial charge in [0.15, 0.2) is 6.29 Å². The van der Waals surface area contributed by atoms with E-state index in [0.29, 0.717) is 13.2 Å². The Hall–Kier alpha value is -0.980. The predicted molar refractivity (Wildman–Crippen MR) is 61.6 cm³/mol. The van der Waals surface area contributed by atoms with E-state index in [-0.39, 0.29) is 0 Å². The Morgan fingerprint density at radius 1 is 1.17 bits per heavy atom. The van der Waals surface area contributed by atoms with Crippen LogP contribution in [0.25, 0.3) is 0 Å². The fraction of sp³-hybridized carbons (Fsp3) is 0.538. The molecule has 5 atom stereocenters. The van der Waals surface area contributed by atoms with Crippen molar-refractivity contribution in [1.82, 2.24) is 0 Å². The monoisotopic (exact) mass is 252 g/mol. The van der Waals surface area contributed by atoms with Gasteiger partial charge in [0.05, 0.1) is 13.2 Å². The third kappa shape index (κ3) is 2.15. The maximum absolute atomic E-state index is 10.0. The van der Waals surface area contributed by atoms with Crippen molar-refractivity contribution < 1.29 is 24.4 Å². The number of hydrogen-bond donors (Lipinski definition) is 2. The molecule has 5 heteroatoms. The van der Waals surface area contributed by atoms with Crippen LogP contribution in [0.5, 0.6) is 0 Å². The lowest BCUT2D eigenvalue weighted by atomic mass is 10.0. The van der Waals surface area contributed by atoms with Crippen LogP contribution < -0.4 is 0 Å². The first-order chi connectivity index (χ1) is 8.75. The molecule has 0 aromatic heterocycles. The minimum atomic E-state index is -0.956. The molecular formula is C13H16O5. The molecule has 0 aliphatic carbocycles. The highest BCUT2D eigenvalue weighted by Gasteiger charge is 2.50. The summed E-state index contributed by atoms with van der Waals surface area (Å²) >= 11 is 0. The minimum absolute atomic E-state index is 0.300. The molecule has 2 heterocycles. The number of ether oxygens (including phenoxy) is 3. The van der Waals surface area contributed by atoms with Crippen LogP contribution in [0.1, 0.15) is 5.56 Å². The van der Waals surface area contributed by atoms with Crippen molar-refractivity contribution in [3.8, 4) is 0 Å². The van der Waals surface area contributed by atoms with Crippen LogP contribution >= 0.6 is 0 Å². The summed E-state index contributed by atoms with van der Waals surface area (Å²) < 4.78 is 16.1. The fourth-order valence-electron chi connectivity index (χ4n) is 2.33. The van der Waals surface area contributed by atoms with Crippen LogP contribution in [0.3, 0.4) is 0 Å². The van der Waals surface area contributed by atoms with Gasteiger partial charge < -0.3 is 24.4 Å². The van der Waals surface area contributed by atoms with E-state index in [0.717, 1.165) is 5.56 Å². The Morgan fingerprint density at radius 3 is 2.72 bits per heavy atom. The van der Waals surface area contributed by atoms with Crippen molar-refractivity contribution in [3.63, 3.8) is 0 Å². The zero-order valence-electron chi connectivity index (χ0n) is 9.81. The molecule has 2 aliphatic heterocycles. The normalized spacial score (nSPS) is 38.9. The average Bonchev–Trinajstić information content (AvgIpc) is 2.85. The number of hydrogen-bond acceptors (Lipinski definition) is 5. The van der Waals surface area contributed by atoms with Gasteiger partial charge in [0.2, 0.25) is 0 Å². The molecule has 3 rings (SSSR count). The van der Waals surface area contributed by atoms with Crippen molar-refractivity contribution in [2.24, 2.45) is 0 Å².